The smallest absolute Gasteiger partial charge is 0.272 e. The molecule has 5 nitrogen and oxygen atoms in total. The first-order valence-corrected chi connectivity index (χ1v) is 6.92. The number of carbonyl (C=O) groups excluding carboxylic acids is 1. The minimum absolute atomic E-state index is 0.217. The summed E-state index contributed by atoms with van der Waals surface area (Å²) in [6.45, 7) is 0. The molecule has 0 bridgehead atoms. The average Bonchev–Trinajstić information content (AvgIpc) is 2.94. The summed E-state index contributed by atoms with van der Waals surface area (Å²) in [5.41, 5.74) is 2.47. The molecule has 3 rings (SSSR count). The molecule has 112 valence electrons. The third kappa shape index (κ3) is 2.67. The second-order valence-corrected chi connectivity index (χ2v) is 5.21. The van der Waals surface area contributed by atoms with Crippen LogP contribution in [0.25, 0.3) is 0 Å². The van der Waals surface area contributed by atoms with Crippen molar-refractivity contribution in [3.05, 3.63) is 69.0 Å². The predicted octanol–water partition coefficient (Wildman–Crippen LogP) is 3.47. The molecular weight excluding hydrogens is 287 g/mol. The van der Waals surface area contributed by atoms with E-state index in [4.69, 9.17) is 0 Å². The molecule has 1 aliphatic carbocycles. The Balaban J connectivity index is 1.81. The van der Waals surface area contributed by atoms with Gasteiger partial charge in [0.15, 0.2) is 0 Å². The number of fused-ring (bicyclic) bond motifs is 1. The molecule has 22 heavy (non-hydrogen) atoms. The Labute approximate surface area is 125 Å². The second-order valence-electron chi connectivity index (χ2n) is 5.21. The molecule has 2 aromatic rings. The maximum atomic E-state index is 13.8. The van der Waals surface area contributed by atoms with Crippen molar-refractivity contribution in [2.75, 3.05) is 5.32 Å². The zero-order valence-corrected chi connectivity index (χ0v) is 11.6. The summed E-state index contributed by atoms with van der Waals surface area (Å²) in [6, 6.07) is 8.62. The quantitative estimate of drug-likeness (QED) is 0.696. The largest absolute Gasteiger partial charge is 0.322 e. The van der Waals surface area contributed by atoms with E-state index < -0.39 is 16.6 Å². The number of anilines is 1. The Hall–Kier alpha value is -2.76. The van der Waals surface area contributed by atoms with Crippen molar-refractivity contribution in [2.45, 2.75) is 19.3 Å². The van der Waals surface area contributed by atoms with E-state index in [1.165, 1.54) is 11.1 Å². The number of nitrogens with one attached hydrogen (secondary N) is 1. The van der Waals surface area contributed by atoms with E-state index in [-0.39, 0.29) is 11.3 Å². The van der Waals surface area contributed by atoms with Crippen molar-refractivity contribution < 1.29 is 14.1 Å². The van der Waals surface area contributed by atoms with Crippen LogP contribution in [0.4, 0.5) is 15.8 Å². The number of amides is 1. The molecule has 1 aliphatic rings. The van der Waals surface area contributed by atoms with Gasteiger partial charge in [-0.2, -0.15) is 0 Å². The SMILES string of the molecule is O=C(Nc1ccc2c(c1)CCC2)c1ccc([N+](=O)[O-])cc1F. The predicted molar refractivity (Wildman–Crippen MR) is 79.5 cm³/mol. The van der Waals surface area contributed by atoms with E-state index in [1.807, 2.05) is 12.1 Å². The van der Waals surface area contributed by atoms with E-state index >= 15 is 0 Å². The minimum Gasteiger partial charge on any atom is -0.322 e. The van der Waals surface area contributed by atoms with Gasteiger partial charge in [0.05, 0.1) is 16.6 Å². The number of rotatable bonds is 3. The van der Waals surface area contributed by atoms with Crippen LogP contribution in [-0.4, -0.2) is 10.8 Å². The average molecular weight is 300 g/mol. The first kappa shape index (κ1) is 14.2. The van der Waals surface area contributed by atoms with Gasteiger partial charge in [0, 0.05) is 11.8 Å². The molecule has 0 spiro atoms. The Kier molecular flexibility index (Phi) is 3.58. The lowest BCUT2D eigenvalue weighted by Gasteiger charge is -2.08. The number of carbonyl (C=O) groups is 1. The van der Waals surface area contributed by atoms with Gasteiger partial charge in [-0.25, -0.2) is 4.39 Å². The van der Waals surface area contributed by atoms with E-state index in [9.17, 15) is 19.3 Å². The third-order valence-electron chi connectivity index (χ3n) is 3.76. The van der Waals surface area contributed by atoms with Gasteiger partial charge in [0.25, 0.3) is 11.6 Å². The highest BCUT2D eigenvalue weighted by atomic mass is 19.1. The highest BCUT2D eigenvalue weighted by Gasteiger charge is 2.17. The summed E-state index contributed by atoms with van der Waals surface area (Å²) in [4.78, 5) is 22.0. The van der Waals surface area contributed by atoms with Crippen LogP contribution in [0.3, 0.4) is 0 Å². The van der Waals surface area contributed by atoms with Gasteiger partial charge in [-0.3, -0.25) is 14.9 Å². The number of nitro groups is 1. The summed E-state index contributed by atoms with van der Waals surface area (Å²) in [5, 5.41) is 13.2. The van der Waals surface area contributed by atoms with Crippen molar-refractivity contribution in [1.82, 2.24) is 0 Å². The van der Waals surface area contributed by atoms with Crippen molar-refractivity contribution >= 4 is 17.3 Å². The van der Waals surface area contributed by atoms with Crippen molar-refractivity contribution in [1.29, 1.82) is 0 Å². The monoisotopic (exact) mass is 300 g/mol. The Morgan fingerprint density at radius 1 is 1.14 bits per heavy atom. The first-order valence-electron chi connectivity index (χ1n) is 6.92. The van der Waals surface area contributed by atoms with Crippen LogP contribution >= 0.6 is 0 Å². The van der Waals surface area contributed by atoms with Crippen LogP contribution in [-0.2, 0) is 12.8 Å². The van der Waals surface area contributed by atoms with Crippen LogP contribution in [0.1, 0.15) is 27.9 Å². The molecule has 0 atom stereocenters. The maximum Gasteiger partial charge on any atom is 0.272 e. The summed E-state index contributed by atoms with van der Waals surface area (Å²) in [5.74, 6) is -1.53. The highest BCUT2D eigenvalue weighted by molar-refractivity contribution is 6.04. The molecule has 1 amide bonds. The van der Waals surface area contributed by atoms with Gasteiger partial charge >= 0.3 is 0 Å². The van der Waals surface area contributed by atoms with Crippen LogP contribution in [0.5, 0.6) is 0 Å². The summed E-state index contributed by atoms with van der Waals surface area (Å²) >= 11 is 0. The van der Waals surface area contributed by atoms with Crippen LogP contribution < -0.4 is 5.32 Å². The highest BCUT2D eigenvalue weighted by Crippen LogP contribution is 2.25. The van der Waals surface area contributed by atoms with Crippen LogP contribution in [0, 0.1) is 15.9 Å². The Bertz CT molecular complexity index is 774. The van der Waals surface area contributed by atoms with Gasteiger partial charge in [-0.05, 0) is 48.6 Å². The fourth-order valence-electron chi connectivity index (χ4n) is 2.65. The Morgan fingerprint density at radius 2 is 1.91 bits per heavy atom. The van der Waals surface area contributed by atoms with E-state index in [0.717, 1.165) is 37.5 Å². The molecule has 2 aromatic carbocycles. The first-order chi connectivity index (χ1) is 10.5. The summed E-state index contributed by atoms with van der Waals surface area (Å²) in [6.07, 6.45) is 3.12. The number of non-ortho nitro benzene ring substituents is 1. The topological polar surface area (TPSA) is 72.2 Å². The summed E-state index contributed by atoms with van der Waals surface area (Å²) < 4.78 is 13.8. The fraction of sp³-hybridized carbons (Fsp3) is 0.188. The molecule has 0 aromatic heterocycles. The molecular formula is C16H13FN2O3. The molecule has 6 heteroatoms. The van der Waals surface area contributed by atoms with Crippen molar-refractivity contribution in [2.24, 2.45) is 0 Å². The van der Waals surface area contributed by atoms with Crippen LogP contribution in [0.15, 0.2) is 36.4 Å². The second kappa shape index (κ2) is 5.55. The van der Waals surface area contributed by atoms with Gasteiger partial charge in [-0.15, -0.1) is 0 Å². The van der Waals surface area contributed by atoms with E-state index in [1.54, 1.807) is 6.07 Å². The number of benzene rings is 2. The number of aryl methyl sites for hydroxylation is 2. The molecule has 0 aliphatic heterocycles. The number of nitro benzene ring substituents is 1. The van der Waals surface area contributed by atoms with E-state index in [2.05, 4.69) is 5.32 Å². The molecule has 0 heterocycles. The molecule has 0 saturated heterocycles. The van der Waals surface area contributed by atoms with Crippen molar-refractivity contribution in [3.8, 4) is 0 Å². The van der Waals surface area contributed by atoms with E-state index in [0.29, 0.717) is 5.69 Å². The van der Waals surface area contributed by atoms with Crippen LogP contribution in [0.2, 0.25) is 0 Å². The van der Waals surface area contributed by atoms with Gasteiger partial charge < -0.3 is 5.32 Å². The summed E-state index contributed by atoms with van der Waals surface area (Å²) in [7, 11) is 0. The Morgan fingerprint density at radius 3 is 2.64 bits per heavy atom. The molecule has 0 radical (unpaired) electrons. The number of hydrogen-bond acceptors (Lipinski definition) is 3. The lowest BCUT2D eigenvalue weighted by atomic mass is 10.1. The van der Waals surface area contributed by atoms with Crippen molar-refractivity contribution in [3.63, 3.8) is 0 Å². The van der Waals surface area contributed by atoms with Gasteiger partial charge in [-0.1, -0.05) is 6.07 Å². The molecule has 0 unspecified atom stereocenters. The number of hydrogen-bond donors (Lipinski definition) is 1. The molecule has 0 saturated carbocycles. The molecule has 0 fully saturated rings. The normalized spacial score (nSPS) is 12.8. The molecule has 1 N–H and O–H groups in total. The lowest BCUT2D eigenvalue weighted by molar-refractivity contribution is -0.385. The number of nitrogens with zero attached hydrogens (tertiary/aromatic N) is 1. The standard InChI is InChI=1S/C16H13FN2O3/c17-15-9-13(19(21)22)6-7-14(15)16(20)18-12-5-4-10-2-1-3-11(10)8-12/h4-9H,1-3H2,(H,18,20). The minimum atomic E-state index is -0.909. The van der Waals surface area contributed by atoms with Gasteiger partial charge in [0.2, 0.25) is 0 Å². The maximum absolute atomic E-state index is 13.8. The fourth-order valence-corrected chi connectivity index (χ4v) is 2.65. The zero-order chi connectivity index (χ0) is 15.7. The number of halogens is 1. The third-order valence-corrected chi connectivity index (χ3v) is 3.76. The zero-order valence-electron chi connectivity index (χ0n) is 11.6. The lowest BCUT2D eigenvalue weighted by Crippen LogP contribution is -2.14. The van der Waals surface area contributed by atoms with Gasteiger partial charge in [0.1, 0.15) is 5.82 Å².